The summed E-state index contributed by atoms with van der Waals surface area (Å²) in [6, 6.07) is 1.96. The van der Waals surface area contributed by atoms with E-state index in [0.717, 1.165) is 16.5 Å². The summed E-state index contributed by atoms with van der Waals surface area (Å²) in [6.07, 6.45) is 1.70. The van der Waals surface area contributed by atoms with Crippen molar-refractivity contribution in [2.24, 2.45) is 0 Å². The molecule has 5 heteroatoms. The molecule has 3 nitrogen and oxygen atoms in total. The number of anilines is 1. The van der Waals surface area contributed by atoms with Crippen LogP contribution in [0.1, 0.15) is 11.3 Å². The maximum absolute atomic E-state index is 5.77. The Morgan fingerprint density at radius 2 is 2.40 bits per heavy atom. The van der Waals surface area contributed by atoms with Crippen molar-refractivity contribution < 1.29 is 4.42 Å². The summed E-state index contributed by atoms with van der Waals surface area (Å²) in [5, 5.41) is 3.26. The molecular weight excluding hydrogens is 232 g/mol. The second kappa shape index (κ2) is 4.24. The van der Waals surface area contributed by atoms with Crippen LogP contribution in [0.15, 0.2) is 22.1 Å². The van der Waals surface area contributed by atoms with Gasteiger partial charge in [-0.3, -0.25) is 0 Å². The smallest absolute Gasteiger partial charge is 0.186 e. The number of halogens is 1. The average Bonchev–Trinajstić information content (AvgIpc) is 2.77. The van der Waals surface area contributed by atoms with Crippen molar-refractivity contribution in [2.45, 2.75) is 13.5 Å². The highest BCUT2D eigenvalue weighted by Crippen LogP contribution is 2.24. The van der Waals surface area contributed by atoms with Crippen molar-refractivity contribution in [3.05, 3.63) is 34.2 Å². The molecule has 0 saturated carbocycles. The molecule has 15 heavy (non-hydrogen) atoms. The molecule has 0 saturated heterocycles. The molecule has 2 aromatic heterocycles. The lowest BCUT2D eigenvalue weighted by molar-refractivity contribution is 0.504. The fourth-order valence-electron chi connectivity index (χ4n) is 1.27. The number of hydrogen-bond acceptors (Lipinski definition) is 4. The van der Waals surface area contributed by atoms with Gasteiger partial charge in [0.1, 0.15) is 10.9 Å². The number of rotatable bonds is 3. The van der Waals surface area contributed by atoms with Gasteiger partial charge in [-0.15, -0.1) is 11.3 Å². The molecular formula is C10H11ClN2OS. The minimum atomic E-state index is 0.540. The second-order valence-electron chi connectivity index (χ2n) is 3.34. The summed E-state index contributed by atoms with van der Waals surface area (Å²) in [7, 11) is 1.97. The van der Waals surface area contributed by atoms with E-state index in [-0.39, 0.29) is 0 Å². The molecule has 2 rings (SSSR count). The van der Waals surface area contributed by atoms with E-state index in [0.29, 0.717) is 11.7 Å². The average molecular weight is 243 g/mol. The van der Waals surface area contributed by atoms with Gasteiger partial charge in [-0.05, 0) is 18.6 Å². The molecule has 0 aliphatic rings. The van der Waals surface area contributed by atoms with Crippen molar-refractivity contribution in [1.82, 2.24) is 4.98 Å². The van der Waals surface area contributed by atoms with Gasteiger partial charge in [0.2, 0.25) is 0 Å². The monoisotopic (exact) mass is 242 g/mol. The Morgan fingerprint density at radius 3 is 2.93 bits per heavy atom. The molecule has 0 unspecified atom stereocenters. The Hall–Kier alpha value is -1.00. The molecule has 0 atom stereocenters. The van der Waals surface area contributed by atoms with Crippen LogP contribution in [0.3, 0.4) is 0 Å². The van der Waals surface area contributed by atoms with Crippen LogP contribution < -0.4 is 4.90 Å². The lowest BCUT2D eigenvalue weighted by Gasteiger charge is -2.14. The van der Waals surface area contributed by atoms with E-state index in [2.05, 4.69) is 4.98 Å². The quantitative estimate of drug-likeness (QED) is 0.827. The van der Waals surface area contributed by atoms with E-state index in [9.17, 15) is 0 Å². The topological polar surface area (TPSA) is 29.3 Å². The summed E-state index contributed by atoms with van der Waals surface area (Å²) in [5.74, 6) is 0.962. The van der Waals surface area contributed by atoms with Crippen LogP contribution in [0.4, 0.5) is 5.13 Å². The molecule has 0 fully saturated rings. The third kappa shape index (κ3) is 2.33. The Morgan fingerprint density at radius 1 is 1.60 bits per heavy atom. The number of nitrogens with zero attached hydrogens (tertiary/aromatic N) is 2. The van der Waals surface area contributed by atoms with Crippen molar-refractivity contribution in [3.8, 4) is 0 Å². The number of hydrogen-bond donors (Lipinski definition) is 0. The van der Waals surface area contributed by atoms with Gasteiger partial charge in [0.25, 0.3) is 0 Å². The molecule has 0 bridgehead atoms. The summed E-state index contributed by atoms with van der Waals surface area (Å²) < 4.78 is 5.37. The minimum Gasteiger partial charge on any atom is -0.467 e. The molecule has 0 spiro atoms. The minimum absolute atomic E-state index is 0.540. The van der Waals surface area contributed by atoms with Gasteiger partial charge in [-0.1, -0.05) is 11.6 Å². The van der Waals surface area contributed by atoms with E-state index >= 15 is 0 Å². The van der Waals surface area contributed by atoms with E-state index in [1.807, 2.05) is 30.3 Å². The molecule has 2 heterocycles. The molecule has 2 aromatic rings. The van der Waals surface area contributed by atoms with Crippen LogP contribution in [-0.2, 0) is 6.54 Å². The Kier molecular flexibility index (Phi) is 2.98. The lowest BCUT2D eigenvalue weighted by Crippen LogP contribution is -2.16. The van der Waals surface area contributed by atoms with Crippen molar-refractivity contribution in [2.75, 3.05) is 11.9 Å². The first-order valence-electron chi connectivity index (χ1n) is 4.52. The van der Waals surface area contributed by atoms with Gasteiger partial charge in [0.15, 0.2) is 5.13 Å². The SMILES string of the molecule is Cc1ccoc1CN(C)c1nc(Cl)cs1. The molecule has 0 amide bonds. The summed E-state index contributed by atoms with van der Waals surface area (Å²) in [6.45, 7) is 2.74. The van der Waals surface area contributed by atoms with Crippen LogP contribution in [0.2, 0.25) is 5.15 Å². The zero-order valence-corrected chi connectivity index (χ0v) is 10.1. The zero-order valence-electron chi connectivity index (χ0n) is 8.53. The Labute approximate surface area is 97.3 Å². The van der Waals surface area contributed by atoms with Crippen molar-refractivity contribution >= 4 is 28.1 Å². The Balaban J connectivity index is 2.10. The first-order chi connectivity index (χ1) is 7.16. The molecule has 80 valence electrons. The van der Waals surface area contributed by atoms with Crippen molar-refractivity contribution in [1.29, 1.82) is 0 Å². The predicted octanol–water partition coefficient (Wildman–Crippen LogP) is 3.33. The summed E-state index contributed by atoms with van der Waals surface area (Å²) in [4.78, 5) is 6.21. The number of aryl methyl sites for hydroxylation is 1. The van der Waals surface area contributed by atoms with Crippen LogP contribution in [0, 0.1) is 6.92 Å². The highest BCUT2D eigenvalue weighted by atomic mass is 35.5. The highest BCUT2D eigenvalue weighted by molar-refractivity contribution is 7.14. The second-order valence-corrected chi connectivity index (χ2v) is 4.56. The molecule has 0 aromatic carbocycles. The van der Waals surface area contributed by atoms with Crippen molar-refractivity contribution in [3.63, 3.8) is 0 Å². The predicted molar refractivity (Wildman–Crippen MR) is 62.7 cm³/mol. The third-order valence-electron chi connectivity index (χ3n) is 2.14. The normalized spacial score (nSPS) is 10.6. The fourth-order valence-corrected chi connectivity index (χ4v) is 2.18. The Bertz CT molecular complexity index is 452. The number of thiazole rings is 1. The standard InChI is InChI=1S/C10H11ClN2OS/c1-7-3-4-14-8(7)5-13(2)10-12-9(11)6-15-10/h3-4,6H,5H2,1-2H3. The van der Waals surface area contributed by atoms with E-state index in [1.165, 1.54) is 11.3 Å². The zero-order chi connectivity index (χ0) is 10.8. The maximum atomic E-state index is 5.77. The molecule has 0 aliphatic heterocycles. The van der Waals surface area contributed by atoms with Gasteiger partial charge in [0, 0.05) is 12.4 Å². The van der Waals surface area contributed by atoms with Crippen LogP contribution >= 0.6 is 22.9 Å². The number of aromatic nitrogens is 1. The molecule has 0 radical (unpaired) electrons. The molecule has 0 N–H and O–H groups in total. The van der Waals surface area contributed by atoms with Gasteiger partial charge in [0.05, 0.1) is 12.8 Å². The van der Waals surface area contributed by atoms with Crippen LogP contribution in [-0.4, -0.2) is 12.0 Å². The lowest BCUT2D eigenvalue weighted by atomic mass is 10.3. The highest BCUT2D eigenvalue weighted by Gasteiger charge is 2.09. The van der Waals surface area contributed by atoms with E-state index in [1.54, 1.807) is 6.26 Å². The maximum Gasteiger partial charge on any atom is 0.186 e. The first kappa shape index (κ1) is 10.5. The van der Waals surface area contributed by atoms with Gasteiger partial charge < -0.3 is 9.32 Å². The van der Waals surface area contributed by atoms with E-state index < -0.39 is 0 Å². The fraction of sp³-hybridized carbons (Fsp3) is 0.300. The third-order valence-corrected chi connectivity index (χ3v) is 3.42. The van der Waals surface area contributed by atoms with E-state index in [4.69, 9.17) is 16.0 Å². The summed E-state index contributed by atoms with van der Waals surface area (Å²) >= 11 is 7.29. The van der Waals surface area contributed by atoms with Crippen LogP contribution in [0.25, 0.3) is 0 Å². The first-order valence-corrected chi connectivity index (χ1v) is 5.77. The summed E-state index contributed by atoms with van der Waals surface area (Å²) in [5.41, 5.74) is 1.16. The van der Waals surface area contributed by atoms with Gasteiger partial charge in [-0.2, -0.15) is 0 Å². The number of furan rings is 1. The largest absolute Gasteiger partial charge is 0.467 e. The van der Waals surface area contributed by atoms with Crippen LogP contribution in [0.5, 0.6) is 0 Å². The van der Waals surface area contributed by atoms with Gasteiger partial charge in [-0.25, -0.2) is 4.98 Å². The molecule has 0 aliphatic carbocycles. The van der Waals surface area contributed by atoms with Gasteiger partial charge >= 0.3 is 0 Å².